The van der Waals surface area contributed by atoms with Gasteiger partial charge in [0.2, 0.25) is 0 Å². The number of benzene rings is 1. The molecule has 1 aromatic rings. The Morgan fingerprint density at radius 3 is 2.42 bits per heavy atom. The topological polar surface area (TPSA) is 39.7 Å². The molecule has 0 bridgehead atoms. The third-order valence-corrected chi connectivity index (χ3v) is 5.44. The van der Waals surface area contributed by atoms with Crippen LogP contribution in [0.15, 0.2) is 29.3 Å². The molecule has 1 aromatic carbocycles. The van der Waals surface area contributed by atoms with Crippen molar-refractivity contribution in [2.24, 2.45) is 10.9 Å². The van der Waals surface area contributed by atoms with Crippen LogP contribution in [0.25, 0.3) is 0 Å². The van der Waals surface area contributed by atoms with E-state index in [1.165, 1.54) is 30.6 Å². The van der Waals surface area contributed by atoms with Gasteiger partial charge in [0.1, 0.15) is 0 Å². The molecule has 1 unspecified atom stereocenters. The largest absolute Gasteiger partial charge is 0.356 e. The number of nitrogens with zero attached hydrogens (tertiary/aromatic N) is 2. The number of guanidine groups is 1. The number of aryl methyl sites for hydroxylation is 1. The van der Waals surface area contributed by atoms with Gasteiger partial charge in [0.15, 0.2) is 5.96 Å². The fourth-order valence-corrected chi connectivity index (χ4v) is 3.43. The molecule has 2 rings (SSSR count). The number of hydrogen-bond donors (Lipinski definition) is 2. The Morgan fingerprint density at radius 1 is 1.19 bits per heavy atom. The molecule has 1 atom stereocenters. The quantitative estimate of drug-likeness (QED) is 0.362. The highest BCUT2D eigenvalue weighted by Crippen LogP contribution is 2.22. The molecule has 5 heteroatoms. The second kappa shape index (κ2) is 11.1. The van der Waals surface area contributed by atoms with Crippen molar-refractivity contribution in [2.45, 2.75) is 46.0 Å². The Labute approximate surface area is 177 Å². The number of likely N-dealkylation sites (tertiary alicyclic amines) is 1. The lowest BCUT2D eigenvalue weighted by atomic mass is 9.84. The minimum absolute atomic E-state index is 0. The minimum Gasteiger partial charge on any atom is -0.356 e. The van der Waals surface area contributed by atoms with Gasteiger partial charge in [0.05, 0.1) is 0 Å². The average molecular weight is 472 g/mol. The van der Waals surface area contributed by atoms with Crippen LogP contribution in [0.4, 0.5) is 0 Å². The van der Waals surface area contributed by atoms with E-state index in [9.17, 15) is 0 Å². The lowest BCUT2D eigenvalue weighted by Crippen LogP contribution is -2.45. The molecule has 0 radical (unpaired) electrons. The van der Waals surface area contributed by atoms with Crippen molar-refractivity contribution in [1.82, 2.24) is 15.5 Å². The molecule has 26 heavy (non-hydrogen) atoms. The Morgan fingerprint density at radius 2 is 1.88 bits per heavy atom. The summed E-state index contributed by atoms with van der Waals surface area (Å²) in [6.07, 6.45) is 2.37. The highest BCUT2D eigenvalue weighted by Gasteiger charge is 2.23. The van der Waals surface area contributed by atoms with Gasteiger partial charge >= 0.3 is 0 Å². The van der Waals surface area contributed by atoms with Crippen LogP contribution in [0.5, 0.6) is 0 Å². The standard InChI is InChI=1S/C21H36N4.HI/c1-6-17-8-10-19(11-9-17)21(3,4)16-24-20(22-5)23-14-18-12-13-25(7-2)15-18;/h8-11,18H,6-7,12-16H2,1-5H3,(H2,22,23,24);1H. The van der Waals surface area contributed by atoms with Crippen LogP contribution in [-0.2, 0) is 11.8 Å². The van der Waals surface area contributed by atoms with Crippen LogP contribution in [0.1, 0.15) is 45.2 Å². The molecule has 0 spiro atoms. The van der Waals surface area contributed by atoms with Gasteiger partial charge in [-0.2, -0.15) is 0 Å². The maximum atomic E-state index is 4.39. The lowest BCUT2D eigenvalue weighted by molar-refractivity contribution is 0.341. The van der Waals surface area contributed by atoms with Crippen LogP contribution >= 0.6 is 24.0 Å². The average Bonchev–Trinajstić information content (AvgIpc) is 3.10. The van der Waals surface area contributed by atoms with E-state index >= 15 is 0 Å². The molecule has 4 nitrogen and oxygen atoms in total. The van der Waals surface area contributed by atoms with E-state index in [-0.39, 0.29) is 29.4 Å². The molecule has 0 amide bonds. The summed E-state index contributed by atoms with van der Waals surface area (Å²) in [6.45, 7) is 14.5. The van der Waals surface area contributed by atoms with Crippen LogP contribution in [0.3, 0.4) is 0 Å². The summed E-state index contributed by atoms with van der Waals surface area (Å²) in [4.78, 5) is 6.91. The van der Waals surface area contributed by atoms with Gasteiger partial charge in [-0.25, -0.2) is 0 Å². The molecule has 0 saturated carbocycles. The van der Waals surface area contributed by atoms with Crippen LogP contribution in [-0.4, -0.2) is 50.6 Å². The highest BCUT2D eigenvalue weighted by atomic mass is 127. The lowest BCUT2D eigenvalue weighted by Gasteiger charge is -2.27. The molecule has 1 aliphatic rings. The zero-order chi connectivity index (χ0) is 18.3. The van der Waals surface area contributed by atoms with E-state index < -0.39 is 0 Å². The number of rotatable bonds is 7. The molecule has 1 fully saturated rings. The summed E-state index contributed by atoms with van der Waals surface area (Å²) < 4.78 is 0. The summed E-state index contributed by atoms with van der Waals surface area (Å²) in [5.41, 5.74) is 2.82. The van der Waals surface area contributed by atoms with Crippen molar-refractivity contribution in [3.8, 4) is 0 Å². The monoisotopic (exact) mass is 472 g/mol. The number of hydrogen-bond acceptors (Lipinski definition) is 2. The fourth-order valence-electron chi connectivity index (χ4n) is 3.43. The van der Waals surface area contributed by atoms with Crippen molar-refractivity contribution >= 4 is 29.9 Å². The van der Waals surface area contributed by atoms with E-state index in [4.69, 9.17) is 0 Å². The predicted octanol–water partition coefficient (Wildman–Crippen LogP) is 3.65. The van der Waals surface area contributed by atoms with Crippen molar-refractivity contribution in [3.63, 3.8) is 0 Å². The third-order valence-electron chi connectivity index (χ3n) is 5.44. The number of aliphatic imine (C=N–C) groups is 1. The highest BCUT2D eigenvalue weighted by molar-refractivity contribution is 14.0. The maximum absolute atomic E-state index is 4.39. The van der Waals surface area contributed by atoms with E-state index in [0.717, 1.165) is 37.9 Å². The number of halogens is 1. The third kappa shape index (κ3) is 6.72. The van der Waals surface area contributed by atoms with E-state index in [1.54, 1.807) is 0 Å². The summed E-state index contributed by atoms with van der Waals surface area (Å²) in [5.74, 6) is 1.64. The first-order valence-electron chi connectivity index (χ1n) is 9.74. The smallest absolute Gasteiger partial charge is 0.191 e. The second-order valence-electron chi connectivity index (χ2n) is 7.79. The van der Waals surface area contributed by atoms with Gasteiger partial charge in [-0.05, 0) is 43.0 Å². The Balaban J connectivity index is 0.00000338. The van der Waals surface area contributed by atoms with Gasteiger partial charge in [-0.3, -0.25) is 4.99 Å². The van der Waals surface area contributed by atoms with Crippen LogP contribution in [0.2, 0.25) is 0 Å². The van der Waals surface area contributed by atoms with Gasteiger partial charge in [-0.1, -0.05) is 52.0 Å². The minimum atomic E-state index is 0. The first-order chi connectivity index (χ1) is 12.0. The predicted molar refractivity (Wildman–Crippen MR) is 124 cm³/mol. The van der Waals surface area contributed by atoms with Crippen LogP contribution in [0, 0.1) is 5.92 Å². The Bertz CT molecular complexity index is 554. The fraction of sp³-hybridized carbons (Fsp3) is 0.667. The van der Waals surface area contributed by atoms with Gasteiger partial charge in [-0.15, -0.1) is 24.0 Å². The normalized spacial score (nSPS) is 18.5. The molecular formula is C21H37IN4. The maximum Gasteiger partial charge on any atom is 0.191 e. The molecular weight excluding hydrogens is 435 g/mol. The van der Waals surface area contributed by atoms with E-state index in [1.807, 2.05) is 7.05 Å². The second-order valence-corrected chi connectivity index (χ2v) is 7.79. The molecule has 148 valence electrons. The molecule has 2 N–H and O–H groups in total. The zero-order valence-corrected chi connectivity index (χ0v) is 19.5. The molecule has 0 aromatic heterocycles. The van der Waals surface area contributed by atoms with Gasteiger partial charge < -0.3 is 15.5 Å². The summed E-state index contributed by atoms with van der Waals surface area (Å²) in [7, 11) is 1.85. The van der Waals surface area contributed by atoms with Gasteiger partial charge in [0, 0.05) is 32.1 Å². The van der Waals surface area contributed by atoms with E-state index in [0.29, 0.717) is 0 Å². The Hall–Kier alpha value is -0.820. The van der Waals surface area contributed by atoms with Crippen LogP contribution < -0.4 is 10.6 Å². The summed E-state index contributed by atoms with van der Waals surface area (Å²) >= 11 is 0. The number of nitrogens with one attached hydrogen (secondary N) is 2. The SMILES string of the molecule is CCc1ccc(C(C)(C)CNC(=NC)NCC2CCN(CC)C2)cc1.I. The van der Waals surface area contributed by atoms with Crippen molar-refractivity contribution < 1.29 is 0 Å². The molecule has 0 aliphatic carbocycles. The zero-order valence-electron chi connectivity index (χ0n) is 17.1. The molecule has 1 heterocycles. The van der Waals surface area contributed by atoms with Crippen molar-refractivity contribution in [3.05, 3.63) is 35.4 Å². The molecule has 1 saturated heterocycles. The summed E-state index contributed by atoms with van der Waals surface area (Å²) in [6, 6.07) is 9.00. The first-order valence-corrected chi connectivity index (χ1v) is 9.74. The Kier molecular flexibility index (Phi) is 9.93. The summed E-state index contributed by atoms with van der Waals surface area (Å²) in [5, 5.41) is 7.02. The first kappa shape index (κ1) is 23.2. The van der Waals surface area contributed by atoms with Gasteiger partial charge in [0.25, 0.3) is 0 Å². The van der Waals surface area contributed by atoms with Crippen molar-refractivity contribution in [1.29, 1.82) is 0 Å². The van der Waals surface area contributed by atoms with E-state index in [2.05, 4.69) is 72.5 Å². The van der Waals surface area contributed by atoms with Crippen molar-refractivity contribution in [2.75, 3.05) is 39.8 Å². The molecule has 1 aliphatic heterocycles.